The molecule has 0 saturated carbocycles. The second kappa shape index (κ2) is 6.64. The maximum atomic E-state index is 4.32. The van der Waals surface area contributed by atoms with Crippen LogP contribution in [0, 0.1) is 12.8 Å². The van der Waals surface area contributed by atoms with Crippen LogP contribution < -0.4 is 0 Å². The first-order valence-corrected chi connectivity index (χ1v) is 5.10. The summed E-state index contributed by atoms with van der Waals surface area (Å²) in [4.78, 5) is 4.32. The average Bonchev–Trinajstić information content (AvgIpc) is 2.12. The van der Waals surface area contributed by atoms with E-state index >= 15 is 0 Å². The van der Waals surface area contributed by atoms with Crippen LogP contribution in [0.5, 0.6) is 0 Å². The fraction of sp³-hybridized carbons (Fsp3) is 0.583. The van der Waals surface area contributed by atoms with E-state index in [1.54, 1.807) is 0 Å². The summed E-state index contributed by atoms with van der Waals surface area (Å²) in [5.41, 5.74) is 2.55. The van der Waals surface area contributed by atoms with E-state index in [-0.39, 0.29) is 0 Å². The Labute approximate surface area is 82.2 Å². The molecule has 1 nitrogen and oxygen atoms in total. The second-order valence-electron chi connectivity index (χ2n) is 3.36. The highest BCUT2D eigenvalue weighted by Gasteiger charge is 2.00. The van der Waals surface area contributed by atoms with Crippen LogP contribution in [-0.4, -0.2) is 4.98 Å². The van der Waals surface area contributed by atoms with E-state index in [0.717, 1.165) is 6.42 Å². The SMILES string of the molecule is CC.Cc1cccnc1CC(C)C. The quantitative estimate of drug-likeness (QED) is 0.675. The van der Waals surface area contributed by atoms with Gasteiger partial charge in [0.1, 0.15) is 0 Å². The van der Waals surface area contributed by atoms with Gasteiger partial charge in [0.15, 0.2) is 0 Å². The van der Waals surface area contributed by atoms with Gasteiger partial charge < -0.3 is 0 Å². The molecule has 0 radical (unpaired) electrons. The van der Waals surface area contributed by atoms with E-state index in [0.29, 0.717) is 5.92 Å². The molecule has 0 aliphatic heterocycles. The number of rotatable bonds is 2. The number of aryl methyl sites for hydroxylation is 1. The van der Waals surface area contributed by atoms with Gasteiger partial charge in [0, 0.05) is 11.9 Å². The third kappa shape index (κ3) is 4.66. The molecule has 0 amide bonds. The van der Waals surface area contributed by atoms with Crippen LogP contribution in [0.15, 0.2) is 18.3 Å². The van der Waals surface area contributed by atoms with E-state index in [1.165, 1.54) is 11.3 Å². The lowest BCUT2D eigenvalue weighted by molar-refractivity contribution is 0.632. The summed E-state index contributed by atoms with van der Waals surface area (Å²) in [6, 6.07) is 4.10. The summed E-state index contributed by atoms with van der Waals surface area (Å²) in [6.07, 6.45) is 2.96. The Balaban J connectivity index is 0.000000671. The molecule has 0 unspecified atom stereocenters. The van der Waals surface area contributed by atoms with Gasteiger partial charge in [-0.05, 0) is 30.9 Å². The van der Waals surface area contributed by atoms with Gasteiger partial charge in [-0.3, -0.25) is 4.98 Å². The molecule has 1 rings (SSSR count). The molecule has 0 spiro atoms. The number of hydrogen-bond acceptors (Lipinski definition) is 1. The maximum Gasteiger partial charge on any atom is 0.0435 e. The highest BCUT2D eigenvalue weighted by atomic mass is 14.7. The zero-order chi connectivity index (χ0) is 10.3. The smallest absolute Gasteiger partial charge is 0.0435 e. The first-order chi connectivity index (χ1) is 6.20. The molecule has 0 bridgehead atoms. The van der Waals surface area contributed by atoms with Crippen LogP contribution in [0.1, 0.15) is 39.0 Å². The first kappa shape index (κ1) is 12.2. The van der Waals surface area contributed by atoms with Gasteiger partial charge >= 0.3 is 0 Å². The summed E-state index contributed by atoms with van der Waals surface area (Å²) in [7, 11) is 0. The van der Waals surface area contributed by atoms with Crippen molar-refractivity contribution in [3.63, 3.8) is 0 Å². The van der Waals surface area contributed by atoms with Gasteiger partial charge in [-0.25, -0.2) is 0 Å². The summed E-state index contributed by atoms with van der Waals surface area (Å²) in [5.74, 6) is 0.698. The van der Waals surface area contributed by atoms with Crippen molar-refractivity contribution in [3.8, 4) is 0 Å². The normalized spacial score (nSPS) is 9.38. The molecular formula is C12H21N. The zero-order valence-electron chi connectivity index (χ0n) is 9.46. The monoisotopic (exact) mass is 179 g/mol. The van der Waals surface area contributed by atoms with Gasteiger partial charge in [-0.2, -0.15) is 0 Å². The Kier molecular flexibility index (Phi) is 6.21. The third-order valence-corrected chi connectivity index (χ3v) is 1.72. The van der Waals surface area contributed by atoms with Crippen molar-refractivity contribution in [2.75, 3.05) is 0 Å². The fourth-order valence-electron chi connectivity index (χ4n) is 1.12. The zero-order valence-corrected chi connectivity index (χ0v) is 9.46. The van der Waals surface area contributed by atoms with E-state index in [1.807, 2.05) is 26.1 Å². The summed E-state index contributed by atoms with van der Waals surface area (Å²) in [5, 5.41) is 0. The van der Waals surface area contributed by atoms with Crippen molar-refractivity contribution in [2.24, 2.45) is 5.92 Å². The van der Waals surface area contributed by atoms with Gasteiger partial charge in [0.25, 0.3) is 0 Å². The van der Waals surface area contributed by atoms with Gasteiger partial charge in [-0.15, -0.1) is 0 Å². The number of pyridine rings is 1. The highest BCUT2D eigenvalue weighted by molar-refractivity contribution is 5.17. The van der Waals surface area contributed by atoms with Crippen LogP contribution in [0.3, 0.4) is 0 Å². The number of nitrogens with zero attached hydrogens (tertiary/aromatic N) is 1. The lowest BCUT2D eigenvalue weighted by atomic mass is 10.0. The molecule has 1 aromatic heterocycles. The van der Waals surface area contributed by atoms with Crippen molar-refractivity contribution in [1.29, 1.82) is 0 Å². The first-order valence-electron chi connectivity index (χ1n) is 5.10. The number of aromatic nitrogens is 1. The predicted molar refractivity (Wildman–Crippen MR) is 58.9 cm³/mol. The van der Waals surface area contributed by atoms with Crippen LogP contribution in [0.4, 0.5) is 0 Å². The Morgan fingerprint density at radius 1 is 1.31 bits per heavy atom. The molecule has 1 aromatic rings. The molecule has 1 heterocycles. The topological polar surface area (TPSA) is 12.9 Å². The van der Waals surface area contributed by atoms with Crippen LogP contribution in [-0.2, 0) is 6.42 Å². The summed E-state index contributed by atoms with van der Waals surface area (Å²) >= 11 is 0. The average molecular weight is 179 g/mol. The van der Waals surface area contributed by atoms with Crippen molar-refractivity contribution in [3.05, 3.63) is 29.6 Å². The second-order valence-corrected chi connectivity index (χ2v) is 3.36. The standard InChI is InChI=1S/C10H15N.C2H6/c1-8(2)7-10-9(3)5-4-6-11-10;1-2/h4-6,8H,7H2,1-3H3;1-2H3. The molecule has 0 fully saturated rings. The van der Waals surface area contributed by atoms with Crippen molar-refractivity contribution < 1.29 is 0 Å². The molecule has 1 heteroatoms. The molecule has 0 aliphatic rings. The van der Waals surface area contributed by atoms with E-state index in [2.05, 4.69) is 31.8 Å². The fourth-order valence-corrected chi connectivity index (χ4v) is 1.12. The van der Waals surface area contributed by atoms with Crippen LogP contribution in [0.25, 0.3) is 0 Å². The maximum absolute atomic E-state index is 4.32. The number of hydrogen-bond donors (Lipinski definition) is 0. The Morgan fingerprint density at radius 3 is 2.38 bits per heavy atom. The van der Waals surface area contributed by atoms with Crippen molar-refractivity contribution in [2.45, 2.75) is 41.0 Å². The third-order valence-electron chi connectivity index (χ3n) is 1.72. The molecule has 0 aliphatic carbocycles. The molecule has 0 aromatic carbocycles. The Hall–Kier alpha value is -0.850. The Bertz CT molecular complexity index is 228. The minimum absolute atomic E-state index is 0.698. The molecular weight excluding hydrogens is 158 g/mol. The predicted octanol–water partition coefficient (Wildman–Crippen LogP) is 3.61. The summed E-state index contributed by atoms with van der Waals surface area (Å²) in [6.45, 7) is 10.5. The minimum Gasteiger partial charge on any atom is -0.261 e. The highest BCUT2D eigenvalue weighted by Crippen LogP contribution is 2.08. The van der Waals surface area contributed by atoms with E-state index in [4.69, 9.17) is 0 Å². The largest absolute Gasteiger partial charge is 0.261 e. The minimum atomic E-state index is 0.698. The van der Waals surface area contributed by atoms with E-state index < -0.39 is 0 Å². The molecule has 0 saturated heterocycles. The molecule has 74 valence electrons. The molecule has 13 heavy (non-hydrogen) atoms. The van der Waals surface area contributed by atoms with E-state index in [9.17, 15) is 0 Å². The Morgan fingerprint density at radius 2 is 1.92 bits per heavy atom. The molecule has 0 atom stereocenters. The van der Waals surface area contributed by atoms with Gasteiger partial charge in [0.05, 0.1) is 0 Å². The van der Waals surface area contributed by atoms with Crippen LogP contribution in [0.2, 0.25) is 0 Å². The van der Waals surface area contributed by atoms with Gasteiger partial charge in [0.2, 0.25) is 0 Å². The summed E-state index contributed by atoms with van der Waals surface area (Å²) < 4.78 is 0. The lowest BCUT2D eigenvalue weighted by Crippen LogP contribution is -1.98. The van der Waals surface area contributed by atoms with Gasteiger partial charge in [-0.1, -0.05) is 33.8 Å². The lowest BCUT2D eigenvalue weighted by Gasteiger charge is -2.05. The van der Waals surface area contributed by atoms with Crippen LogP contribution >= 0.6 is 0 Å². The molecule has 0 N–H and O–H groups in total. The van der Waals surface area contributed by atoms with Crippen molar-refractivity contribution in [1.82, 2.24) is 4.98 Å². The van der Waals surface area contributed by atoms with Crippen molar-refractivity contribution >= 4 is 0 Å².